The average Bonchev–Trinajstić information content (AvgIpc) is 3.71. The van der Waals surface area contributed by atoms with E-state index in [1.807, 2.05) is 0 Å². The molecule has 0 spiro atoms. The van der Waals surface area contributed by atoms with E-state index in [1.54, 1.807) is 24.3 Å². The van der Waals surface area contributed by atoms with E-state index in [1.165, 1.54) is 26.0 Å². The standard InChI is InChI=1S/C27H30F3N5O5/c1-26(2,22(36)37)40-21-12-10-20(11-13-21)38-14-3-15-39-25-34-23(33-24(35-25)32-19-8-9-19)31-16-17-4-6-18(7-5-17)27(28,29)30/h4-7,10-13,19H,3,8-9,14-16H2,1-2H3,(H,36,37)(H2,31,32,33,34,35). The number of rotatable bonds is 14. The number of aliphatic carboxylic acids is 1. The minimum absolute atomic E-state index is 0.107. The van der Waals surface area contributed by atoms with Gasteiger partial charge < -0.3 is 30.0 Å². The third-order valence-corrected chi connectivity index (χ3v) is 5.76. The molecule has 10 nitrogen and oxygen atoms in total. The predicted octanol–water partition coefficient (Wildman–Crippen LogP) is 5.17. The van der Waals surface area contributed by atoms with Gasteiger partial charge in [0.2, 0.25) is 11.9 Å². The molecule has 1 aromatic heterocycles. The number of carboxylic acid groups (broad SMARTS) is 1. The summed E-state index contributed by atoms with van der Waals surface area (Å²) < 4.78 is 55.3. The van der Waals surface area contributed by atoms with Crippen LogP contribution < -0.4 is 24.8 Å². The number of anilines is 2. The Hall–Kier alpha value is -4.29. The van der Waals surface area contributed by atoms with Gasteiger partial charge in [-0.3, -0.25) is 0 Å². The molecule has 0 saturated heterocycles. The summed E-state index contributed by atoms with van der Waals surface area (Å²) in [5, 5.41) is 15.4. The second-order valence-corrected chi connectivity index (χ2v) is 9.67. The number of alkyl halides is 3. The van der Waals surface area contributed by atoms with Crippen molar-refractivity contribution in [3.63, 3.8) is 0 Å². The van der Waals surface area contributed by atoms with E-state index in [0.29, 0.717) is 42.1 Å². The number of carbonyl (C=O) groups is 1. The summed E-state index contributed by atoms with van der Waals surface area (Å²) in [6, 6.07) is 11.9. The average molecular weight is 562 g/mol. The van der Waals surface area contributed by atoms with Crippen molar-refractivity contribution in [2.75, 3.05) is 23.8 Å². The van der Waals surface area contributed by atoms with Crippen molar-refractivity contribution < 1.29 is 37.3 Å². The highest BCUT2D eigenvalue weighted by Gasteiger charge is 2.30. The van der Waals surface area contributed by atoms with Gasteiger partial charge in [0, 0.05) is 19.0 Å². The van der Waals surface area contributed by atoms with Crippen molar-refractivity contribution >= 4 is 17.9 Å². The number of ether oxygens (including phenoxy) is 3. The van der Waals surface area contributed by atoms with Gasteiger partial charge in [0.15, 0.2) is 5.60 Å². The fraction of sp³-hybridized carbons (Fsp3) is 0.407. The Morgan fingerprint density at radius 3 is 2.17 bits per heavy atom. The van der Waals surface area contributed by atoms with Crippen LogP contribution in [0, 0.1) is 0 Å². The number of nitrogens with zero attached hydrogens (tertiary/aromatic N) is 3. The van der Waals surface area contributed by atoms with Crippen LogP contribution in [0.1, 0.15) is 44.2 Å². The van der Waals surface area contributed by atoms with Crippen LogP contribution in [0.3, 0.4) is 0 Å². The second kappa shape index (κ2) is 12.3. The Balaban J connectivity index is 1.26. The normalized spacial score (nSPS) is 13.4. The molecule has 2 aromatic carbocycles. The van der Waals surface area contributed by atoms with E-state index in [9.17, 15) is 18.0 Å². The molecular formula is C27H30F3N5O5. The number of halogens is 3. The molecule has 13 heteroatoms. The van der Waals surface area contributed by atoms with Crippen LogP contribution in [-0.4, -0.2) is 50.9 Å². The Bertz CT molecular complexity index is 1280. The van der Waals surface area contributed by atoms with Gasteiger partial charge in [-0.15, -0.1) is 0 Å². The summed E-state index contributed by atoms with van der Waals surface area (Å²) >= 11 is 0. The highest BCUT2D eigenvalue weighted by atomic mass is 19.4. The third kappa shape index (κ3) is 8.61. The summed E-state index contributed by atoms with van der Waals surface area (Å²) in [5.74, 6) is 0.524. The molecule has 1 heterocycles. The maximum absolute atomic E-state index is 12.8. The minimum Gasteiger partial charge on any atom is -0.493 e. The fourth-order valence-electron chi connectivity index (χ4n) is 3.32. The Kier molecular flexibility index (Phi) is 8.80. The molecular weight excluding hydrogens is 531 g/mol. The Morgan fingerprint density at radius 1 is 0.925 bits per heavy atom. The number of benzene rings is 2. The van der Waals surface area contributed by atoms with E-state index < -0.39 is 23.3 Å². The third-order valence-electron chi connectivity index (χ3n) is 5.76. The minimum atomic E-state index is -4.39. The summed E-state index contributed by atoms with van der Waals surface area (Å²) in [4.78, 5) is 24.1. The van der Waals surface area contributed by atoms with Gasteiger partial charge in [-0.2, -0.15) is 28.1 Å². The zero-order chi connectivity index (χ0) is 28.8. The first-order chi connectivity index (χ1) is 19.0. The van der Waals surface area contributed by atoms with Crippen LogP contribution in [0.25, 0.3) is 0 Å². The maximum Gasteiger partial charge on any atom is 0.416 e. The van der Waals surface area contributed by atoms with Crippen molar-refractivity contribution in [2.45, 2.75) is 57.5 Å². The van der Waals surface area contributed by atoms with Gasteiger partial charge in [-0.25, -0.2) is 4.79 Å². The summed E-state index contributed by atoms with van der Waals surface area (Å²) in [5.41, 5.74) is -1.42. The smallest absolute Gasteiger partial charge is 0.416 e. The summed E-state index contributed by atoms with van der Waals surface area (Å²) in [7, 11) is 0. The molecule has 40 heavy (non-hydrogen) atoms. The largest absolute Gasteiger partial charge is 0.493 e. The molecule has 0 radical (unpaired) electrons. The first-order valence-electron chi connectivity index (χ1n) is 12.7. The lowest BCUT2D eigenvalue weighted by Gasteiger charge is -2.21. The van der Waals surface area contributed by atoms with Crippen LogP contribution in [0.5, 0.6) is 17.5 Å². The highest BCUT2D eigenvalue weighted by Crippen LogP contribution is 2.29. The number of carboxylic acids is 1. The molecule has 214 valence electrons. The SMILES string of the molecule is CC(C)(Oc1ccc(OCCCOc2nc(NCc3ccc(C(F)(F)F)cc3)nc(NC3CC3)n2)cc1)C(=O)O. The van der Waals surface area contributed by atoms with E-state index in [0.717, 1.165) is 25.0 Å². The van der Waals surface area contributed by atoms with Crippen molar-refractivity contribution in [3.8, 4) is 17.5 Å². The number of nitrogens with one attached hydrogen (secondary N) is 2. The molecule has 1 aliphatic rings. The predicted molar refractivity (Wildman–Crippen MR) is 140 cm³/mol. The van der Waals surface area contributed by atoms with E-state index >= 15 is 0 Å². The lowest BCUT2D eigenvalue weighted by molar-refractivity contribution is -0.152. The van der Waals surface area contributed by atoms with Crippen molar-refractivity contribution in [1.82, 2.24) is 15.0 Å². The molecule has 3 N–H and O–H groups in total. The zero-order valence-electron chi connectivity index (χ0n) is 22.0. The highest BCUT2D eigenvalue weighted by molar-refractivity contribution is 5.76. The van der Waals surface area contributed by atoms with Crippen LogP contribution in [-0.2, 0) is 17.5 Å². The molecule has 0 unspecified atom stereocenters. The topological polar surface area (TPSA) is 128 Å². The van der Waals surface area contributed by atoms with Gasteiger partial charge in [0.1, 0.15) is 11.5 Å². The molecule has 0 aliphatic heterocycles. The quantitative estimate of drug-likeness (QED) is 0.227. The first-order valence-corrected chi connectivity index (χ1v) is 12.7. The summed E-state index contributed by atoms with van der Waals surface area (Å²) in [6.45, 7) is 3.76. The molecule has 4 rings (SSSR count). The van der Waals surface area contributed by atoms with Crippen molar-refractivity contribution in [1.29, 1.82) is 0 Å². The lowest BCUT2D eigenvalue weighted by atomic mass is 10.1. The molecule has 1 aliphatic carbocycles. The zero-order valence-corrected chi connectivity index (χ0v) is 22.0. The van der Waals surface area contributed by atoms with E-state index in [2.05, 4.69) is 25.6 Å². The van der Waals surface area contributed by atoms with Gasteiger partial charge in [0.25, 0.3) is 0 Å². The first kappa shape index (κ1) is 28.7. The number of aromatic nitrogens is 3. The van der Waals surface area contributed by atoms with Gasteiger partial charge >= 0.3 is 18.2 Å². The van der Waals surface area contributed by atoms with E-state index in [4.69, 9.17) is 19.3 Å². The van der Waals surface area contributed by atoms with Crippen LogP contribution in [0.4, 0.5) is 25.1 Å². The van der Waals surface area contributed by atoms with Crippen molar-refractivity contribution in [2.24, 2.45) is 0 Å². The Morgan fingerprint density at radius 2 is 1.55 bits per heavy atom. The van der Waals surface area contributed by atoms with Crippen LogP contribution in [0.15, 0.2) is 48.5 Å². The fourth-order valence-corrected chi connectivity index (χ4v) is 3.32. The Labute approximate surface area is 228 Å². The molecule has 0 amide bonds. The van der Waals surface area contributed by atoms with Crippen LogP contribution >= 0.6 is 0 Å². The molecule has 0 bridgehead atoms. The van der Waals surface area contributed by atoms with Crippen molar-refractivity contribution in [3.05, 3.63) is 59.7 Å². The molecule has 1 fully saturated rings. The molecule has 3 aromatic rings. The molecule has 0 atom stereocenters. The summed E-state index contributed by atoms with van der Waals surface area (Å²) in [6.07, 6.45) is -1.84. The van der Waals surface area contributed by atoms with Gasteiger partial charge in [-0.05, 0) is 68.7 Å². The van der Waals surface area contributed by atoms with Gasteiger partial charge in [0.05, 0.1) is 18.8 Å². The number of hydrogen-bond acceptors (Lipinski definition) is 9. The van der Waals surface area contributed by atoms with E-state index in [-0.39, 0.29) is 25.1 Å². The van der Waals surface area contributed by atoms with Gasteiger partial charge in [-0.1, -0.05) is 12.1 Å². The van der Waals surface area contributed by atoms with Crippen LogP contribution in [0.2, 0.25) is 0 Å². The second-order valence-electron chi connectivity index (χ2n) is 9.67. The maximum atomic E-state index is 12.8. The molecule has 1 saturated carbocycles. The number of hydrogen-bond donors (Lipinski definition) is 3. The monoisotopic (exact) mass is 561 g/mol. The lowest BCUT2D eigenvalue weighted by Crippen LogP contribution is -2.37.